The molecule has 0 aliphatic heterocycles. The maximum Gasteiger partial charge on any atom is 0.0743 e. The lowest BCUT2D eigenvalue weighted by Gasteiger charge is -2.15. The van der Waals surface area contributed by atoms with Gasteiger partial charge in [0.1, 0.15) is 0 Å². The van der Waals surface area contributed by atoms with Crippen LogP contribution in [0.2, 0.25) is 0 Å². The van der Waals surface area contributed by atoms with Gasteiger partial charge in [-0.05, 0) is 53.8 Å². The van der Waals surface area contributed by atoms with Crippen molar-refractivity contribution in [3.8, 4) is 5.69 Å². The summed E-state index contributed by atoms with van der Waals surface area (Å²) in [6.45, 7) is 2.06. The molecule has 102 valence electrons. The van der Waals surface area contributed by atoms with Crippen LogP contribution in [0.1, 0.15) is 5.69 Å². The molecular formula is C16H16IN3. The van der Waals surface area contributed by atoms with Crippen LogP contribution in [0, 0.1) is 10.5 Å². The zero-order valence-electron chi connectivity index (χ0n) is 11.8. The topological polar surface area (TPSA) is 21.1 Å². The van der Waals surface area contributed by atoms with Crippen molar-refractivity contribution in [1.82, 2.24) is 9.78 Å². The van der Waals surface area contributed by atoms with Crippen molar-refractivity contribution in [3.05, 3.63) is 51.7 Å². The first kappa shape index (κ1) is 13.4. The zero-order valence-corrected chi connectivity index (χ0v) is 13.9. The number of benzene rings is 2. The SMILES string of the molecule is Cc1nn(-c2cc(I)cc(N(C)C)c2)c2ccccc12. The van der Waals surface area contributed by atoms with Crippen LogP contribution >= 0.6 is 22.6 Å². The molecule has 0 spiro atoms. The van der Waals surface area contributed by atoms with Gasteiger partial charge in [-0.1, -0.05) is 18.2 Å². The fraction of sp³-hybridized carbons (Fsp3) is 0.188. The van der Waals surface area contributed by atoms with Crippen LogP contribution < -0.4 is 4.90 Å². The smallest absolute Gasteiger partial charge is 0.0743 e. The van der Waals surface area contributed by atoms with E-state index in [9.17, 15) is 0 Å². The average molecular weight is 377 g/mol. The van der Waals surface area contributed by atoms with E-state index < -0.39 is 0 Å². The van der Waals surface area contributed by atoms with Crippen LogP contribution in [0.25, 0.3) is 16.6 Å². The van der Waals surface area contributed by atoms with Gasteiger partial charge in [-0.3, -0.25) is 0 Å². The van der Waals surface area contributed by atoms with Gasteiger partial charge in [0.25, 0.3) is 0 Å². The first-order valence-electron chi connectivity index (χ1n) is 6.49. The fourth-order valence-electron chi connectivity index (χ4n) is 2.36. The third kappa shape index (κ3) is 2.28. The molecule has 3 nitrogen and oxygen atoms in total. The van der Waals surface area contributed by atoms with E-state index in [2.05, 4.69) is 91.0 Å². The van der Waals surface area contributed by atoms with Gasteiger partial charge in [0, 0.05) is 28.7 Å². The molecule has 0 atom stereocenters. The molecule has 0 aliphatic rings. The van der Waals surface area contributed by atoms with Crippen molar-refractivity contribution in [1.29, 1.82) is 0 Å². The van der Waals surface area contributed by atoms with Crippen molar-refractivity contribution in [3.63, 3.8) is 0 Å². The summed E-state index contributed by atoms with van der Waals surface area (Å²) < 4.78 is 3.24. The second-order valence-electron chi connectivity index (χ2n) is 5.08. The number of para-hydroxylation sites is 1. The fourth-order valence-corrected chi connectivity index (χ4v) is 3.00. The van der Waals surface area contributed by atoms with Crippen LogP contribution in [0.4, 0.5) is 5.69 Å². The maximum absolute atomic E-state index is 4.70. The van der Waals surface area contributed by atoms with E-state index in [1.165, 1.54) is 14.6 Å². The molecule has 4 heteroatoms. The molecule has 0 N–H and O–H groups in total. The Bertz CT molecular complexity index is 774. The molecule has 1 heterocycles. The summed E-state index contributed by atoms with van der Waals surface area (Å²) in [6.07, 6.45) is 0. The van der Waals surface area contributed by atoms with E-state index >= 15 is 0 Å². The van der Waals surface area contributed by atoms with Gasteiger partial charge >= 0.3 is 0 Å². The lowest BCUT2D eigenvalue weighted by atomic mass is 10.2. The third-order valence-electron chi connectivity index (χ3n) is 3.40. The van der Waals surface area contributed by atoms with Gasteiger partial charge < -0.3 is 4.90 Å². The number of hydrogen-bond donors (Lipinski definition) is 0. The molecule has 0 amide bonds. The number of anilines is 1. The molecule has 20 heavy (non-hydrogen) atoms. The van der Waals surface area contributed by atoms with Crippen molar-refractivity contribution < 1.29 is 0 Å². The zero-order chi connectivity index (χ0) is 14.3. The third-order valence-corrected chi connectivity index (χ3v) is 4.02. The molecule has 0 fully saturated rings. The summed E-state index contributed by atoms with van der Waals surface area (Å²) in [5.41, 5.74) is 4.50. The Morgan fingerprint density at radius 3 is 2.60 bits per heavy atom. The highest BCUT2D eigenvalue weighted by Gasteiger charge is 2.10. The summed E-state index contributed by atoms with van der Waals surface area (Å²) in [5, 5.41) is 5.90. The van der Waals surface area contributed by atoms with Crippen molar-refractivity contribution in [2.45, 2.75) is 6.92 Å². The largest absolute Gasteiger partial charge is 0.378 e. The summed E-state index contributed by atoms with van der Waals surface area (Å²) in [7, 11) is 4.11. The van der Waals surface area contributed by atoms with E-state index in [0.29, 0.717) is 0 Å². The van der Waals surface area contributed by atoms with E-state index in [0.717, 1.165) is 16.9 Å². The van der Waals surface area contributed by atoms with Crippen molar-refractivity contribution in [2.75, 3.05) is 19.0 Å². The van der Waals surface area contributed by atoms with Gasteiger partial charge in [-0.25, -0.2) is 4.68 Å². The second kappa shape index (κ2) is 5.09. The number of rotatable bonds is 2. The molecule has 0 saturated carbocycles. The van der Waals surface area contributed by atoms with Crippen molar-refractivity contribution >= 4 is 39.2 Å². The highest BCUT2D eigenvalue weighted by Crippen LogP contribution is 2.25. The number of aryl methyl sites for hydroxylation is 1. The minimum atomic E-state index is 1.06. The first-order chi connectivity index (χ1) is 9.56. The normalized spacial score (nSPS) is 11.0. The summed E-state index contributed by atoms with van der Waals surface area (Å²) in [5.74, 6) is 0. The van der Waals surface area contributed by atoms with Crippen LogP contribution in [-0.4, -0.2) is 23.9 Å². The standard InChI is InChI=1S/C16H16IN3/c1-11-15-6-4-5-7-16(15)20(18-11)14-9-12(17)8-13(10-14)19(2)3/h4-10H,1-3H3. The van der Waals surface area contributed by atoms with Gasteiger partial charge in [0.05, 0.1) is 16.9 Å². The van der Waals surface area contributed by atoms with Gasteiger partial charge in [0.15, 0.2) is 0 Å². The molecule has 3 rings (SSSR count). The number of halogens is 1. The van der Waals surface area contributed by atoms with Crippen molar-refractivity contribution in [2.24, 2.45) is 0 Å². The molecule has 0 bridgehead atoms. The van der Waals surface area contributed by atoms with Gasteiger partial charge in [-0.2, -0.15) is 5.10 Å². The Morgan fingerprint density at radius 2 is 1.85 bits per heavy atom. The lowest BCUT2D eigenvalue weighted by Crippen LogP contribution is -2.10. The van der Waals surface area contributed by atoms with E-state index in [-0.39, 0.29) is 0 Å². The predicted octanol–water partition coefficient (Wildman–Crippen LogP) is 4.00. The lowest BCUT2D eigenvalue weighted by molar-refractivity contribution is 0.887. The quantitative estimate of drug-likeness (QED) is 0.630. The minimum absolute atomic E-state index is 1.06. The van der Waals surface area contributed by atoms with E-state index in [1.54, 1.807) is 0 Å². The number of hydrogen-bond acceptors (Lipinski definition) is 2. The highest BCUT2D eigenvalue weighted by molar-refractivity contribution is 14.1. The molecule has 2 aromatic carbocycles. The first-order valence-corrected chi connectivity index (χ1v) is 7.57. The van der Waals surface area contributed by atoms with Crippen LogP contribution in [0.5, 0.6) is 0 Å². The molecule has 0 aliphatic carbocycles. The summed E-state index contributed by atoms with van der Waals surface area (Å²) >= 11 is 2.35. The Balaban J connectivity index is 2.26. The maximum atomic E-state index is 4.70. The number of fused-ring (bicyclic) bond motifs is 1. The monoisotopic (exact) mass is 377 g/mol. The van der Waals surface area contributed by atoms with Crippen LogP contribution in [-0.2, 0) is 0 Å². The summed E-state index contributed by atoms with van der Waals surface area (Å²) in [4.78, 5) is 2.12. The molecule has 0 saturated heterocycles. The van der Waals surface area contributed by atoms with Crippen LogP contribution in [0.3, 0.4) is 0 Å². The van der Waals surface area contributed by atoms with Crippen LogP contribution in [0.15, 0.2) is 42.5 Å². The Labute approximate surface area is 132 Å². The predicted molar refractivity (Wildman–Crippen MR) is 92.9 cm³/mol. The molecular weight excluding hydrogens is 361 g/mol. The Morgan fingerprint density at radius 1 is 1.10 bits per heavy atom. The number of nitrogens with zero attached hydrogens (tertiary/aromatic N) is 3. The molecule has 1 aromatic heterocycles. The van der Waals surface area contributed by atoms with E-state index in [1.807, 2.05) is 4.68 Å². The Kier molecular flexibility index (Phi) is 3.41. The summed E-state index contributed by atoms with van der Waals surface area (Å²) in [6, 6.07) is 14.8. The van der Waals surface area contributed by atoms with E-state index in [4.69, 9.17) is 5.10 Å². The molecule has 0 radical (unpaired) electrons. The van der Waals surface area contributed by atoms with Gasteiger partial charge in [-0.15, -0.1) is 0 Å². The highest BCUT2D eigenvalue weighted by atomic mass is 127. The number of aromatic nitrogens is 2. The molecule has 3 aromatic rings. The minimum Gasteiger partial charge on any atom is -0.378 e. The average Bonchev–Trinajstić information content (AvgIpc) is 2.76. The molecule has 0 unspecified atom stereocenters. The Hall–Kier alpha value is -1.56. The van der Waals surface area contributed by atoms with Gasteiger partial charge in [0.2, 0.25) is 0 Å². The second-order valence-corrected chi connectivity index (χ2v) is 6.32.